The van der Waals surface area contributed by atoms with Gasteiger partial charge in [-0.1, -0.05) is 13.8 Å². The van der Waals surface area contributed by atoms with Crippen molar-refractivity contribution in [2.24, 2.45) is 40.4 Å². The van der Waals surface area contributed by atoms with E-state index in [0.717, 1.165) is 32.1 Å². The molecule has 1 aliphatic heterocycles. The van der Waals surface area contributed by atoms with E-state index in [2.05, 4.69) is 13.8 Å². The fourth-order valence-corrected chi connectivity index (χ4v) is 8.56. The number of rotatable bonds is 1. The van der Waals surface area contributed by atoms with E-state index in [4.69, 9.17) is 9.47 Å². The number of fused-ring (bicyclic) bond motifs is 5. The first-order valence-corrected chi connectivity index (χ1v) is 11.2. The zero-order valence-electron chi connectivity index (χ0n) is 17.4. The predicted molar refractivity (Wildman–Crippen MR) is 102 cm³/mol. The Morgan fingerprint density at radius 2 is 1.79 bits per heavy atom. The molecule has 0 aromatic carbocycles. The topological polar surface area (TPSA) is 72.8 Å². The van der Waals surface area contributed by atoms with Crippen molar-refractivity contribution in [2.45, 2.75) is 77.6 Å². The molecule has 1 spiro atoms. The third kappa shape index (κ3) is 2.36. The molecule has 28 heavy (non-hydrogen) atoms. The highest BCUT2D eigenvalue weighted by Gasteiger charge is 2.67. The summed E-state index contributed by atoms with van der Waals surface area (Å²) in [6, 6.07) is 0. The van der Waals surface area contributed by atoms with Gasteiger partial charge in [0.1, 0.15) is 11.6 Å². The van der Waals surface area contributed by atoms with Crippen LogP contribution in [-0.4, -0.2) is 41.8 Å². The largest absolute Gasteiger partial charge is 0.393 e. The average Bonchev–Trinajstić information content (AvgIpc) is 3.20. The van der Waals surface area contributed by atoms with Gasteiger partial charge in [-0.3, -0.25) is 9.59 Å². The number of Topliss-reactive ketones (excluding diaryl/α,β-unsaturated/α-hetero) is 2. The lowest BCUT2D eigenvalue weighted by Crippen LogP contribution is -2.64. The van der Waals surface area contributed by atoms with E-state index in [9.17, 15) is 14.7 Å². The van der Waals surface area contributed by atoms with Gasteiger partial charge in [0, 0.05) is 23.7 Å². The molecule has 5 aliphatic rings. The van der Waals surface area contributed by atoms with Crippen LogP contribution in [0.2, 0.25) is 0 Å². The van der Waals surface area contributed by atoms with E-state index < -0.39 is 17.3 Å². The summed E-state index contributed by atoms with van der Waals surface area (Å²) in [6.07, 6.45) is 5.24. The molecule has 5 heteroatoms. The van der Waals surface area contributed by atoms with E-state index in [1.54, 1.807) is 6.92 Å². The van der Waals surface area contributed by atoms with Crippen LogP contribution in [0.1, 0.15) is 65.7 Å². The average molecular weight is 391 g/mol. The summed E-state index contributed by atoms with van der Waals surface area (Å²) in [5.41, 5.74) is -0.620. The third-order valence-corrected chi connectivity index (χ3v) is 9.73. The van der Waals surface area contributed by atoms with Gasteiger partial charge in [-0.25, -0.2) is 0 Å². The second-order valence-electron chi connectivity index (χ2n) is 10.8. The van der Waals surface area contributed by atoms with Gasteiger partial charge >= 0.3 is 0 Å². The maximum atomic E-state index is 13.5. The monoisotopic (exact) mass is 390 g/mol. The van der Waals surface area contributed by atoms with Crippen molar-refractivity contribution in [1.82, 2.24) is 0 Å². The molecule has 0 aromatic rings. The first kappa shape index (κ1) is 19.2. The van der Waals surface area contributed by atoms with E-state index in [-0.39, 0.29) is 34.7 Å². The van der Waals surface area contributed by atoms with Gasteiger partial charge in [0.2, 0.25) is 0 Å². The van der Waals surface area contributed by atoms with Crippen LogP contribution in [0.25, 0.3) is 0 Å². The van der Waals surface area contributed by atoms with Crippen molar-refractivity contribution in [2.75, 3.05) is 13.2 Å². The van der Waals surface area contributed by atoms with Crippen molar-refractivity contribution in [3.63, 3.8) is 0 Å². The van der Waals surface area contributed by atoms with Crippen LogP contribution >= 0.6 is 0 Å². The molecule has 5 fully saturated rings. The molecule has 0 bridgehead atoms. The number of ether oxygens (including phenoxy) is 2. The first-order valence-electron chi connectivity index (χ1n) is 11.2. The van der Waals surface area contributed by atoms with Crippen molar-refractivity contribution < 1.29 is 24.2 Å². The fraction of sp³-hybridized carbons (Fsp3) is 0.913. The Kier molecular flexibility index (Phi) is 4.19. The van der Waals surface area contributed by atoms with Crippen molar-refractivity contribution in [3.8, 4) is 0 Å². The van der Waals surface area contributed by atoms with E-state index >= 15 is 0 Å². The molecule has 0 aromatic heterocycles. The smallest absolute Gasteiger partial charge is 0.175 e. The number of carbonyl (C=O) groups is 2. The minimum atomic E-state index is -0.713. The van der Waals surface area contributed by atoms with E-state index in [1.165, 1.54) is 0 Å². The number of hydrogen-bond donors (Lipinski definition) is 1. The SMILES string of the molecule is CC(=O)[C@@H]1CC[C@@H]2[C@H]3CC[C@H]4CC5(CC(=O)[C@]4(C)[C@@H]3[C@H](O)C[C@]21C)OCCO5. The highest BCUT2D eigenvalue weighted by atomic mass is 16.7. The summed E-state index contributed by atoms with van der Waals surface area (Å²) in [5.74, 6) is 0.807. The first-order chi connectivity index (χ1) is 13.2. The minimum absolute atomic E-state index is 0.00119. The zero-order chi connectivity index (χ0) is 19.9. The molecule has 0 radical (unpaired) electrons. The summed E-state index contributed by atoms with van der Waals surface area (Å²) in [5, 5.41) is 11.4. The van der Waals surface area contributed by atoms with Gasteiger partial charge in [-0.15, -0.1) is 0 Å². The summed E-state index contributed by atoms with van der Waals surface area (Å²) >= 11 is 0. The summed E-state index contributed by atoms with van der Waals surface area (Å²) in [6.45, 7) is 7.18. The normalized spacial score (nSPS) is 52.2. The second-order valence-corrected chi connectivity index (χ2v) is 10.8. The number of carbonyl (C=O) groups excluding carboxylic acids is 2. The maximum absolute atomic E-state index is 13.5. The molecule has 1 N–H and O–H groups in total. The molecule has 0 unspecified atom stereocenters. The second kappa shape index (κ2) is 6.12. The Morgan fingerprint density at radius 3 is 2.46 bits per heavy atom. The molecular weight excluding hydrogens is 356 g/mol. The highest BCUT2D eigenvalue weighted by molar-refractivity contribution is 5.87. The molecule has 4 saturated carbocycles. The van der Waals surface area contributed by atoms with Crippen LogP contribution in [0, 0.1) is 40.4 Å². The number of hydrogen-bond acceptors (Lipinski definition) is 5. The van der Waals surface area contributed by atoms with Crippen molar-refractivity contribution in [3.05, 3.63) is 0 Å². The zero-order valence-corrected chi connectivity index (χ0v) is 17.4. The summed E-state index contributed by atoms with van der Waals surface area (Å²) < 4.78 is 11.8. The summed E-state index contributed by atoms with van der Waals surface area (Å²) in [7, 11) is 0. The van der Waals surface area contributed by atoms with Crippen LogP contribution < -0.4 is 0 Å². The lowest BCUT2D eigenvalue weighted by atomic mass is 9.43. The van der Waals surface area contributed by atoms with E-state index in [1.807, 2.05) is 0 Å². The molecule has 5 nitrogen and oxygen atoms in total. The number of ketones is 2. The lowest BCUT2D eigenvalue weighted by molar-refractivity contribution is -0.231. The molecule has 8 atom stereocenters. The molecule has 0 amide bonds. The number of aliphatic hydroxyl groups is 1. The molecule has 5 rings (SSSR count). The third-order valence-electron chi connectivity index (χ3n) is 9.73. The Balaban J connectivity index is 1.49. The van der Waals surface area contributed by atoms with Crippen molar-refractivity contribution >= 4 is 11.6 Å². The predicted octanol–water partition coefficient (Wildman–Crippen LogP) is 3.13. The highest BCUT2D eigenvalue weighted by Crippen LogP contribution is 2.67. The van der Waals surface area contributed by atoms with Crippen LogP contribution in [0.15, 0.2) is 0 Å². The van der Waals surface area contributed by atoms with Gasteiger partial charge < -0.3 is 14.6 Å². The minimum Gasteiger partial charge on any atom is -0.393 e. The van der Waals surface area contributed by atoms with Crippen LogP contribution in [-0.2, 0) is 19.1 Å². The quantitative estimate of drug-likeness (QED) is 0.745. The van der Waals surface area contributed by atoms with Crippen LogP contribution in [0.3, 0.4) is 0 Å². The van der Waals surface area contributed by atoms with Crippen LogP contribution in [0.5, 0.6) is 0 Å². The molecule has 1 heterocycles. The van der Waals surface area contributed by atoms with Gasteiger partial charge in [-0.05, 0) is 62.2 Å². The Morgan fingerprint density at radius 1 is 1.07 bits per heavy atom. The van der Waals surface area contributed by atoms with Gasteiger partial charge in [0.05, 0.1) is 25.7 Å². The standard InChI is InChI=1S/C23H34O5/c1-13(24)16-6-7-17-15-5-4-14-10-23(27-8-9-28-23)12-19(26)22(14,3)20(15)18(25)11-21(16,17)2/h14-18,20,25H,4-12H2,1-3H3/t14-,15+,16-,17+,18+,20-,21-,22+/m0/s1. The van der Waals surface area contributed by atoms with E-state index in [0.29, 0.717) is 37.9 Å². The molecular formula is C23H34O5. The Labute approximate surface area is 167 Å². The Bertz CT molecular complexity index is 697. The molecule has 156 valence electrons. The molecule has 4 aliphatic carbocycles. The maximum Gasteiger partial charge on any atom is 0.175 e. The fourth-order valence-electron chi connectivity index (χ4n) is 8.56. The summed E-state index contributed by atoms with van der Waals surface area (Å²) in [4.78, 5) is 25.8. The van der Waals surface area contributed by atoms with Gasteiger partial charge in [0.15, 0.2) is 5.79 Å². The molecule has 1 saturated heterocycles. The Hall–Kier alpha value is -0.780. The lowest BCUT2D eigenvalue weighted by Gasteiger charge is -2.62. The number of aliphatic hydroxyl groups excluding tert-OH is 1. The van der Waals surface area contributed by atoms with Gasteiger partial charge in [0.25, 0.3) is 0 Å². The van der Waals surface area contributed by atoms with Crippen molar-refractivity contribution in [1.29, 1.82) is 0 Å². The van der Waals surface area contributed by atoms with Crippen LogP contribution in [0.4, 0.5) is 0 Å². The van der Waals surface area contributed by atoms with Gasteiger partial charge in [-0.2, -0.15) is 0 Å².